The van der Waals surface area contributed by atoms with Gasteiger partial charge in [-0.1, -0.05) is 45.0 Å². The molecule has 1 aliphatic heterocycles. The first-order chi connectivity index (χ1) is 17.5. The number of amides is 3. The second kappa shape index (κ2) is 10.3. The summed E-state index contributed by atoms with van der Waals surface area (Å²) in [4.78, 5) is 68.8. The molecule has 10 nitrogen and oxygen atoms in total. The van der Waals surface area contributed by atoms with Gasteiger partial charge in [0.25, 0.3) is 5.91 Å². The van der Waals surface area contributed by atoms with Gasteiger partial charge in [-0.3, -0.25) is 24.2 Å². The maximum absolute atomic E-state index is 14.0. The molecule has 196 valence electrons. The fourth-order valence-electron chi connectivity index (χ4n) is 5.53. The third-order valence-corrected chi connectivity index (χ3v) is 7.27. The molecule has 0 spiro atoms. The fourth-order valence-corrected chi connectivity index (χ4v) is 5.53. The number of rotatable bonds is 8. The predicted octanol–water partition coefficient (Wildman–Crippen LogP) is 1.92. The minimum absolute atomic E-state index is 0.0952. The van der Waals surface area contributed by atoms with E-state index >= 15 is 0 Å². The molecule has 4 unspecified atom stereocenters. The number of carboxylic acid groups (broad SMARTS) is 1. The Morgan fingerprint density at radius 2 is 1.86 bits per heavy atom. The maximum atomic E-state index is 14.0. The molecule has 2 aliphatic rings. The van der Waals surface area contributed by atoms with Gasteiger partial charge in [-0.2, -0.15) is 0 Å². The van der Waals surface area contributed by atoms with Crippen LogP contribution >= 0.6 is 0 Å². The van der Waals surface area contributed by atoms with E-state index in [0.29, 0.717) is 18.1 Å². The van der Waals surface area contributed by atoms with Gasteiger partial charge in [-0.15, -0.1) is 0 Å². The number of hydrogen-bond acceptors (Lipinski definition) is 6. The quantitative estimate of drug-likeness (QED) is 0.462. The van der Waals surface area contributed by atoms with E-state index in [1.807, 2.05) is 39.0 Å². The van der Waals surface area contributed by atoms with Gasteiger partial charge in [-0.05, 0) is 42.0 Å². The molecule has 1 aromatic carbocycles. The van der Waals surface area contributed by atoms with Crippen molar-refractivity contribution in [2.75, 3.05) is 0 Å². The Morgan fingerprint density at radius 1 is 1.14 bits per heavy atom. The monoisotopic (exact) mass is 508 g/mol. The van der Waals surface area contributed by atoms with Crippen molar-refractivity contribution in [1.82, 2.24) is 20.5 Å². The van der Waals surface area contributed by atoms with Crippen molar-refractivity contribution in [2.45, 2.75) is 70.6 Å². The van der Waals surface area contributed by atoms with Crippen molar-refractivity contribution in [3.63, 3.8) is 0 Å². The summed E-state index contributed by atoms with van der Waals surface area (Å²) in [5, 5.41) is 15.9. The number of aromatic nitrogens is 1. The van der Waals surface area contributed by atoms with Crippen LogP contribution in [0.15, 0.2) is 36.5 Å². The van der Waals surface area contributed by atoms with Gasteiger partial charge in [0.05, 0.1) is 12.5 Å². The van der Waals surface area contributed by atoms with E-state index in [4.69, 9.17) is 5.11 Å². The van der Waals surface area contributed by atoms with Crippen LogP contribution < -0.4 is 10.6 Å². The molecule has 2 heterocycles. The molecular weight excluding hydrogens is 476 g/mol. The molecule has 2 aromatic rings. The van der Waals surface area contributed by atoms with Crippen molar-refractivity contribution in [3.05, 3.63) is 42.2 Å². The summed E-state index contributed by atoms with van der Waals surface area (Å²) >= 11 is 0. The van der Waals surface area contributed by atoms with Crippen LogP contribution in [0.4, 0.5) is 0 Å². The average Bonchev–Trinajstić information content (AvgIpc) is 3.47. The molecule has 4 rings (SSSR count). The summed E-state index contributed by atoms with van der Waals surface area (Å²) in [5.74, 6) is -2.72. The Morgan fingerprint density at radius 3 is 2.54 bits per heavy atom. The molecule has 0 radical (unpaired) electrons. The van der Waals surface area contributed by atoms with Gasteiger partial charge >= 0.3 is 5.97 Å². The third kappa shape index (κ3) is 5.33. The van der Waals surface area contributed by atoms with Crippen molar-refractivity contribution in [1.29, 1.82) is 0 Å². The first-order valence-corrected chi connectivity index (χ1v) is 12.5. The second-order valence-electron chi connectivity index (χ2n) is 10.9. The topological polar surface area (TPSA) is 146 Å². The zero-order valence-corrected chi connectivity index (χ0v) is 21.1. The Hall–Kier alpha value is -3.82. The molecule has 1 aliphatic carbocycles. The number of nitrogens with zero attached hydrogens (tertiary/aromatic N) is 2. The van der Waals surface area contributed by atoms with Crippen LogP contribution in [0.5, 0.6) is 0 Å². The van der Waals surface area contributed by atoms with Crippen molar-refractivity contribution in [3.8, 4) is 0 Å². The Bertz CT molecular complexity index is 1230. The molecular formula is C27H32N4O6. The Kier molecular flexibility index (Phi) is 7.29. The lowest BCUT2D eigenvalue weighted by Crippen LogP contribution is -2.61. The largest absolute Gasteiger partial charge is 0.481 e. The van der Waals surface area contributed by atoms with E-state index in [2.05, 4.69) is 15.6 Å². The van der Waals surface area contributed by atoms with Crippen LogP contribution in [0.2, 0.25) is 0 Å². The number of hydrogen-bond donors (Lipinski definition) is 3. The highest BCUT2D eigenvalue weighted by molar-refractivity contribution is 6.06. The van der Waals surface area contributed by atoms with E-state index in [1.54, 1.807) is 23.2 Å². The highest BCUT2D eigenvalue weighted by Crippen LogP contribution is 2.43. The standard InChI is InChI=1S/C27H32N4O6/c1-27(2,3)23(30-24(35)21-19-7-5-4-6-15(19)10-11-28-21)26(37)31-18-9-8-16(12-18)22(31)25(36)29-17(14-32)13-20(33)34/h4-7,10-11,14,16-18,22-23H,8-9,12-13H2,1-3H3,(H,29,36)(H,30,35)(H,33,34)/t16?,17-,18?,22?,23?/m0/s1. The fraction of sp³-hybridized carbons (Fsp3) is 0.481. The smallest absolute Gasteiger partial charge is 0.305 e. The normalized spacial score (nSPS) is 22.4. The first-order valence-electron chi connectivity index (χ1n) is 12.5. The lowest BCUT2D eigenvalue weighted by atomic mass is 9.84. The Balaban J connectivity index is 1.60. The zero-order valence-electron chi connectivity index (χ0n) is 21.1. The first kappa shape index (κ1) is 26.2. The molecule has 1 saturated carbocycles. The molecule has 3 N–H and O–H groups in total. The Labute approximate surface area is 214 Å². The molecule has 5 atom stereocenters. The van der Waals surface area contributed by atoms with Crippen molar-refractivity contribution < 1.29 is 29.1 Å². The van der Waals surface area contributed by atoms with E-state index in [-0.39, 0.29) is 23.6 Å². The average molecular weight is 509 g/mol. The van der Waals surface area contributed by atoms with Gasteiger partial charge in [-0.25, -0.2) is 0 Å². The van der Waals surface area contributed by atoms with Gasteiger partial charge in [0, 0.05) is 17.6 Å². The number of carbonyl (C=O) groups excluding carboxylic acids is 4. The number of carbonyl (C=O) groups is 5. The number of fused-ring (bicyclic) bond motifs is 3. The SMILES string of the molecule is CC(C)(C)C(NC(=O)c1nccc2ccccc12)C(=O)N1C2CCC(C2)C1C(=O)N[C@H](C=O)CC(=O)O. The molecule has 3 amide bonds. The highest BCUT2D eigenvalue weighted by atomic mass is 16.4. The van der Waals surface area contributed by atoms with Crippen molar-refractivity contribution >= 4 is 40.7 Å². The lowest BCUT2D eigenvalue weighted by Gasteiger charge is -2.40. The van der Waals surface area contributed by atoms with Crippen molar-refractivity contribution in [2.24, 2.45) is 11.3 Å². The van der Waals surface area contributed by atoms with E-state index in [9.17, 15) is 24.0 Å². The molecule has 2 fully saturated rings. The van der Waals surface area contributed by atoms with E-state index in [1.165, 1.54) is 0 Å². The van der Waals surface area contributed by atoms with E-state index < -0.39 is 47.7 Å². The zero-order chi connectivity index (χ0) is 26.9. The summed E-state index contributed by atoms with van der Waals surface area (Å²) in [6.07, 6.45) is 3.53. The van der Waals surface area contributed by atoms with Crippen LogP contribution in [0.1, 0.15) is 56.9 Å². The number of pyridine rings is 1. The molecule has 2 bridgehead atoms. The van der Waals surface area contributed by atoms with Crippen LogP contribution in [0, 0.1) is 11.3 Å². The summed E-state index contributed by atoms with van der Waals surface area (Å²) < 4.78 is 0. The third-order valence-electron chi connectivity index (χ3n) is 7.27. The maximum Gasteiger partial charge on any atom is 0.305 e. The second-order valence-corrected chi connectivity index (χ2v) is 10.9. The number of aliphatic carboxylic acids is 1. The van der Waals surface area contributed by atoms with Crippen LogP contribution in [0.25, 0.3) is 10.8 Å². The van der Waals surface area contributed by atoms with Gasteiger partial charge in [0.1, 0.15) is 24.1 Å². The number of likely N-dealkylation sites (tertiary alicyclic amines) is 1. The van der Waals surface area contributed by atoms with Crippen LogP contribution in [-0.4, -0.2) is 69.1 Å². The summed E-state index contributed by atoms with van der Waals surface area (Å²) in [7, 11) is 0. The van der Waals surface area contributed by atoms with E-state index in [0.717, 1.165) is 18.2 Å². The molecule has 1 aromatic heterocycles. The van der Waals surface area contributed by atoms with Crippen LogP contribution in [0.3, 0.4) is 0 Å². The van der Waals surface area contributed by atoms with Gasteiger partial charge in [0.2, 0.25) is 11.8 Å². The number of carboxylic acids is 1. The molecule has 37 heavy (non-hydrogen) atoms. The number of piperidine rings is 1. The van der Waals surface area contributed by atoms with Gasteiger partial charge < -0.3 is 25.4 Å². The van der Waals surface area contributed by atoms with Gasteiger partial charge in [0.15, 0.2) is 0 Å². The number of benzene rings is 1. The minimum atomic E-state index is -1.21. The molecule has 1 saturated heterocycles. The summed E-state index contributed by atoms with van der Waals surface area (Å²) in [6, 6.07) is 6.03. The summed E-state index contributed by atoms with van der Waals surface area (Å²) in [5.41, 5.74) is -0.477. The highest BCUT2D eigenvalue weighted by Gasteiger charge is 2.53. The lowest BCUT2D eigenvalue weighted by molar-refractivity contribution is -0.147. The predicted molar refractivity (Wildman–Crippen MR) is 134 cm³/mol. The number of nitrogens with one attached hydrogen (secondary N) is 2. The minimum Gasteiger partial charge on any atom is -0.481 e. The number of aldehydes is 1. The summed E-state index contributed by atoms with van der Waals surface area (Å²) in [6.45, 7) is 5.52. The molecule has 10 heteroatoms. The van der Waals surface area contributed by atoms with Crippen LogP contribution in [-0.2, 0) is 19.2 Å².